The topological polar surface area (TPSA) is 84.5 Å². The van der Waals surface area contributed by atoms with Gasteiger partial charge < -0.3 is 14.8 Å². The zero-order valence-corrected chi connectivity index (χ0v) is 9.05. The van der Waals surface area contributed by atoms with Gasteiger partial charge in [0.1, 0.15) is 0 Å². The zero-order valence-electron chi connectivity index (χ0n) is 9.05. The lowest BCUT2D eigenvalue weighted by Gasteiger charge is -2.02. The summed E-state index contributed by atoms with van der Waals surface area (Å²) in [5.74, 6) is -1.35. The summed E-state index contributed by atoms with van der Waals surface area (Å²) in [6.45, 7) is 0.656. The molecule has 2 aromatic rings. The fourth-order valence-corrected chi connectivity index (χ4v) is 1.61. The lowest BCUT2D eigenvalue weighted by atomic mass is 10.3. The van der Waals surface area contributed by atoms with Gasteiger partial charge in [-0.15, -0.1) is 0 Å². The number of aromatic nitrogens is 1. The molecule has 1 aromatic carbocycles. The van der Waals surface area contributed by atoms with Crippen LogP contribution in [-0.4, -0.2) is 28.7 Å². The lowest BCUT2D eigenvalue weighted by molar-refractivity contribution is -0.135. The molecular weight excluding hydrogens is 224 g/mol. The molecule has 0 radical (unpaired) electrons. The maximum atomic E-state index is 11.5. The summed E-state index contributed by atoms with van der Waals surface area (Å²) in [5.41, 5.74) is 1.25. The maximum absolute atomic E-state index is 11.5. The van der Waals surface area contributed by atoms with Crippen LogP contribution in [-0.2, 0) is 11.3 Å². The molecule has 17 heavy (non-hydrogen) atoms. The predicted octanol–water partition coefficient (Wildman–Crippen LogP) is 0.269. The highest BCUT2D eigenvalue weighted by molar-refractivity contribution is 5.72. The van der Waals surface area contributed by atoms with Gasteiger partial charge in [-0.05, 0) is 12.1 Å². The number of rotatable bonds is 5. The highest BCUT2D eigenvalue weighted by Gasteiger charge is 2.07. The maximum Gasteiger partial charge on any atom is 0.419 e. The largest absolute Gasteiger partial charge is 0.480 e. The summed E-state index contributed by atoms with van der Waals surface area (Å²) in [6, 6.07) is 7.12. The van der Waals surface area contributed by atoms with Crippen LogP contribution in [0, 0.1) is 0 Å². The molecule has 6 heteroatoms. The Morgan fingerprint density at radius 1 is 1.41 bits per heavy atom. The Labute approximate surface area is 96.5 Å². The van der Waals surface area contributed by atoms with Crippen LogP contribution in [0.3, 0.4) is 0 Å². The molecule has 0 saturated carbocycles. The number of oxazole rings is 1. The van der Waals surface area contributed by atoms with Crippen LogP contribution in [0.4, 0.5) is 0 Å². The SMILES string of the molecule is O=C(O)CNCCn1c(=O)oc2ccccc21. The van der Waals surface area contributed by atoms with Crippen molar-refractivity contribution in [2.45, 2.75) is 6.54 Å². The summed E-state index contributed by atoms with van der Waals surface area (Å²) in [7, 11) is 0. The molecule has 1 heterocycles. The van der Waals surface area contributed by atoms with Gasteiger partial charge >= 0.3 is 11.7 Å². The van der Waals surface area contributed by atoms with Crippen molar-refractivity contribution >= 4 is 17.1 Å². The Kier molecular flexibility index (Phi) is 3.24. The summed E-state index contributed by atoms with van der Waals surface area (Å²) in [5, 5.41) is 11.2. The molecule has 0 aliphatic heterocycles. The minimum absolute atomic E-state index is 0.121. The van der Waals surface area contributed by atoms with E-state index in [4.69, 9.17) is 9.52 Å². The molecule has 0 fully saturated rings. The highest BCUT2D eigenvalue weighted by atomic mass is 16.4. The van der Waals surface area contributed by atoms with Crippen LogP contribution in [0.1, 0.15) is 0 Å². The lowest BCUT2D eigenvalue weighted by Crippen LogP contribution is -2.28. The first-order valence-electron chi connectivity index (χ1n) is 5.19. The molecule has 0 amide bonds. The second-order valence-corrected chi connectivity index (χ2v) is 3.56. The highest BCUT2D eigenvalue weighted by Crippen LogP contribution is 2.10. The second kappa shape index (κ2) is 4.84. The third kappa shape index (κ3) is 2.54. The zero-order chi connectivity index (χ0) is 12.3. The van der Waals surface area contributed by atoms with Gasteiger partial charge in [-0.2, -0.15) is 0 Å². The summed E-state index contributed by atoms with van der Waals surface area (Å²) >= 11 is 0. The van der Waals surface area contributed by atoms with Gasteiger partial charge in [0.2, 0.25) is 0 Å². The Balaban J connectivity index is 2.10. The van der Waals surface area contributed by atoms with Gasteiger partial charge in [-0.1, -0.05) is 12.1 Å². The number of nitrogens with one attached hydrogen (secondary N) is 1. The third-order valence-corrected chi connectivity index (χ3v) is 2.36. The van der Waals surface area contributed by atoms with Gasteiger partial charge in [0.05, 0.1) is 12.1 Å². The Morgan fingerprint density at radius 2 is 2.18 bits per heavy atom. The summed E-state index contributed by atoms with van der Waals surface area (Å²) in [4.78, 5) is 21.8. The van der Waals surface area contributed by atoms with E-state index in [2.05, 4.69) is 5.32 Å². The smallest absolute Gasteiger partial charge is 0.419 e. The normalized spacial score (nSPS) is 10.8. The standard InChI is InChI=1S/C11H12N2O4/c14-10(15)7-12-5-6-13-8-3-1-2-4-9(8)17-11(13)16/h1-4,12H,5-7H2,(H,14,15). The average molecular weight is 236 g/mol. The monoisotopic (exact) mass is 236 g/mol. The fraction of sp³-hybridized carbons (Fsp3) is 0.273. The Bertz CT molecular complexity index is 584. The number of aliphatic carboxylic acids is 1. The third-order valence-electron chi connectivity index (χ3n) is 2.36. The van der Waals surface area contributed by atoms with Gasteiger partial charge in [0.25, 0.3) is 0 Å². The molecule has 0 saturated heterocycles. The number of nitrogens with zero attached hydrogens (tertiary/aromatic N) is 1. The second-order valence-electron chi connectivity index (χ2n) is 3.56. The summed E-state index contributed by atoms with van der Waals surface area (Å²) < 4.78 is 6.52. The summed E-state index contributed by atoms with van der Waals surface area (Å²) in [6.07, 6.45) is 0. The van der Waals surface area contributed by atoms with E-state index in [0.717, 1.165) is 5.52 Å². The average Bonchev–Trinajstić information content (AvgIpc) is 2.60. The van der Waals surface area contributed by atoms with Crippen LogP contribution in [0.2, 0.25) is 0 Å². The number of carbonyl (C=O) groups is 1. The molecule has 0 bridgehead atoms. The van der Waals surface area contributed by atoms with Crippen LogP contribution < -0.4 is 11.1 Å². The van der Waals surface area contributed by atoms with Gasteiger partial charge in [-0.25, -0.2) is 4.79 Å². The van der Waals surface area contributed by atoms with E-state index in [1.54, 1.807) is 18.2 Å². The molecule has 0 spiro atoms. The molecule has 0 unspecified atom stereocenters. The predicted molar refractivity (Wildman–Crippen MR) is 61.0 cm³/mol. The van der Waals surface area contributed by atoms with Gasteiger partial charge in [0.15, 0.2) is 5.58 Å². The first kappa shape index (κ1) is 11.4. The first-order chi connectivity index (χ1) is 8.18. The molecule has 1 aromatic heterocycles. The van der Waals surface area contributed by atoms with Crippen LogP contribution in [0.15, 0.2) is 33.5 Å². The number of carboxylic acids is 1. The number of hydrogen-bond acceptors (Lipinski definition) is 4. The number of carboxylic acid groups (broad SMARTS) is 1. The number of benzene rings is 1. The van der Waals surface area contributed by atoms with E-state index in [-0.39, 0.29) is 6.54 Å². The quantitative estimate of drug-likeness (QED) is 0.728. The molecule has 2 rings (SSSR count). The number of fused-ring (bicyclic) bond motifs is 1. The molecule has 0 atom stereocenters. The molecular formula is C11H12N2O4. The van der Waals surface area contributed by atoms with Crippen molar-refractivity contribution in [3.8, 4) is 0 Å². The van der Waals surface area contributed by atoms with Gasteiger partial charge in [0, 0.05) is 13.1 Å². The van der Waals surface area contributed by atoms with Crippen LogP contribution in [0.5, 0.6) is 0 Å². The molecule has 2 N–H and O–H groups in total. The Hall–Kier alpha value is -2.08. The van der Waals surface area contributed by atoms with Gasteiger partial charge in [-0.3, -0.25) is 9.36 Å². The van der Waals surface area contributed by atoms with Crippen molar-refractivity contribution in [1.82, 2.24) is 9.88 Å². The minimum Gasteiger partial charge on any atom is -0.480 e. The molecule has 0 aliphatic carbocycles. The van der Waals surface area contributed by atoms with Crippen molar-refractivity contribution in [3.63, 3.8) is 0 Å². The van der Waals surface area contributed by atoms with E-state index in [1.807, 2.05) is 6.07 Å². The van der Waals surface area contributed by atoms with Crippen LogP contribution >= 0.6 is 0 Å². The van der Waals surface area contributed by atoms with E-state index in [9.17, 15) is 9.59 Å². The Morgan fingerprint density at radius 3 is 2.94 bits per heavy atom. The van der Waals surface area contributed by atoms with Crippen LogP contribution in [0.25, 0.3) is 11.1 Å². The van der Waals surface area contributed by atoms with E-state index in [0.29, 0.717) is 18.7 Å². The number of hydrogen-bond donors (Lipinski definition) is 2. The molecule has 0 aliphatic rings. The fourth-order valence-electron chi connectivity index (χ4n) is 1.61. The first-order valence-corrected chi connectivity index (χ1v) is 5.19. The van der Waals surface area contributed by atoms with Crippen molar-refractivity contribution in [3.05, 3.63) is 34.8 Å². The van der Waals surface area contributed by atoms with Crippen molar-refractivity contribution in [2.24, 2.45) is 0 Å². The minimum atomic E-state index is -0.922. The van der Waals surface area contributed by atoms with Crippen molar-refractivity contribution in [2.75, 3.05) is 13.1 Å². The molecule has 6 nitrogen and oxygen atoms in total. The van der Waals surface area contributed by atoms with E-state index < -0.39 is 11.7 Å². The van der Waals surface area contributed by atoms with E-state index >= 15 is 0 Å². The van der Waals surface area contributed by atoms with Crippen molar-refractivity contribution < 1.29 is 14.3 Å². The molecule has 90 valence electrons. The number of para-hydroxylation sites is 2. The van der Waals surface area contributed by atoms with E-state index in [1.165, 1.54) is 4.57 Å². The van der Waals surface area contributed by atoms with Crippen molar-refractivity contribution in [1.29, 1.82) is 0 Å².